The molecule has 0 aromatic carbocycles. The first-order chi connectivity index (χ1) is 21.7. The first-order valence-electron chi connectivity index (χ1n) is 16.5. The summed E-state index contributed by atoms with van der Waals surface area (Å²) in [4.78, 5) is 47.0. The molecule has 0 spiro atoms. The Kier molecular flexibility index (Phi) is 18.4. The molecule has 4 atom stereocenters. The van der Waals surface area contributed by atoms with E-state index < -0.39 is 66.3 Å². The fourth-order valence-corrected chi connectivity index (χ4v) is 5.59. The molecule has 18 heteroatoms. The van der Waals surface area contributed by atoms with Crippen LogP contribution in [0.15, 0.2) is 0 Å². The van der Waals surface area contributed by atoms with Gasteiger partial charge in [0.25, 0.3) is 0 Å². The lowest BCUT2D eigenvalue weighted by Crippen LogP contribution is -2.45. The van der Waals surface area contributed by atoms with Crippen molar-refractivity contribution in [2.45, 2.75) is 153 Å². The SMILES string of the molecule is CC(C)(CC(O)CN(CCCCCCN(CC(O)CC(C)(C)[N+](=O)[O-])CC(O)CC(C)(C)[N+](=O)[O-])CC(O)CC(C)(C)[N+](=O)[O-])[N+](=O)[O-]. The molecule has 0 saturated carbocycles. The second-order valence-electron chi connectivity index (χ2n) is 15.6. The Balaban J connectivity index is 5.38. The molecule has 48 heavy (non-hydrogen) atoms. The minimum absolute atomic E-state index is 0.0256. The minimum atomic E-state index is -1.37. The van der Waals surface area contributed by atoms with Crippen LogP contribution in [0.3, 0.4) is 0 Å². The molecule has 0 aliphatic carbocycles. The first kappa shape index (κ1) is 45.4. The van der Waals surface area contributed by atoms with Crippen molar-refractivity contribution in [2.75, 3.05) is 39.3 Å². The van der Waals surface area contributed by atoms with E-state index >= 15 is 0 Å². The van der Waals surface area contributed by atoms with E-state index in [-0.39, 0.29) is 51.9 Å². The highest BCUT2D eigenvalue weighted by molar-refractivity contribution is 4.81. The Hall–Kier alpha value is -2.64. The van der Waals surface area contributed by atoms with Crippen molar-refractivity contribution in [2.24, 2.45) is 0 Å². The minimum Gasteiger partial charge on any atom is -0.392 e. The van der Waals surface area contributed by atoms with Crippen molar-refractivity contribution in [1.82, 2.24) is 9.80 Å². The maximum absolute atomic E-state index is 11.3. The maximum Gasteiger partial charge on any atom is 0.219 e. The molecule has 0 fully saturated rings. The van der Waals surface area contributed by atoms with E-state index in [0.29, 0.717) is 38.8 Å². The summed E-state index contributed by atoms with van der Waals surface area (Å²) in [7, 11) is 0. The predicted molar refractivity (Wildman–Crippen MR) is 178 cm³/mol. The van der Waals surface area contributed by atoms with Crippen LogP contribution in [-0.4, -0.2) is 136 Å². The van der Waals surface area contributed by atoms with Crippen LogP contribution in [0.2, 0.25) is 0 Å². The van der Waals surface area contributed by atoms with E-state index in [1.165, 1.54) is 55.4 Å². The van der Waals surface area contributed by atoms with Crippen molar-refractivity contribution in [3.63, 3.8) is 0 Å². The van der Waals surface area contributed by atoms with Crippen LogP contribution in [-0.2, 0) is 0 Å². The molecule has 0 heterocycles. The second-order valence-corrected chi connectivity index (χ2v) is 15.6. The number of aliphatic hydroxyl groups excluding tert-OH is 4. The van der Waals surface area contributed by atoms with Crippen LogP contribution in [0.4, 0.5) is 0 Å². The third-order valence-corrected chi connectivity index (χ3v) is 8.49. The van der Waals surface area contributed by atoms with E-state index in [4.69, 9.17) is 0 Å². The summed E-state index contributed by atoms with van der Waals surface area (Å²) in [6.07, 6.45) is -2.22. The van der Waals surface area contributed by atoms with E-state index in [0.717, 1.165) is 0 Å². The molecule has 4 N–H and O–H groups in total. The highest BCUT2D eigenvalue weighted by Crippen LogP contribution is 2.21. The summed E-state index contributed by atoms with van der Waals surface area (Å²) < 4.78 is 0. The lowest BCUT2D eigenvalue weighted by Gasteiger charge is -2.30. The number of nitrogens with zero attached hydrogens (tertiary/aromatic N) is 6. The third-order valence-electron chi connectivity index (χ3n) is 8.49. The van der Waals surface area contributed by atoms with Gasteiger partial charge in [0.05, 0.1) is 24.4 Å². The first-order valence-corrected chi connectivity index (χ1v) is 16.5. The van der Waals surface area contributed by atoms with Crippen LogP contribution < -0.4 is 0 Å². The zero-order valence-electron chi connectivity index (χ0n) is 29.9. The molecular formula is C30H60N6O12. The van der Waals surface area contributed by atoms with Crippen molar-refractivity contribution in [3.05, 3.63) is 40.5 Å². The summed E-state index contributed by atoms with van der Waals surface area (Å²) in [5.74, 6) is 0. The number of hydrogen-bond donors (Lipinski definition) is 4. The van der Waals surface area contributed by atoms with Gasteiger partial charge in [-0.25, -0.2) is 0 Å². The molecular weight excluding hydrogens is 636 g/mol. The van der Waals surface area contributed by atoms with Crippen molar-refractivity contribution in [1.29, 1.82) is 0 Å². The summed E-state index contributed by atoms with van der Waals surface area (Å²) >= 11 is 0. The molecule has 282 valence electrons. The summed E-state index contributed by atoms with van der Waals surface area (Å²) in [5.41, 5.74) is -5.49. The van der Waals surface area contributed by atoms with Crippen molar-refractivity contribution < 1.29 is 40.1 Å². The van der Waals surface area contributed by atoms with Crippen LogP contribution in [0.5, 0.6) is 0 Å². The third kappa shape index (κ3) is 17.7. The van der Waals surface area contributed by atoms with Crippen LogP contribution in [0, 0.1) is 40.5 Å². The number of nitro groups is 4. The van der Waals surface area contributed by atoms with Gasteiger partial charge in [0.1, 0.15) is 0 Å². The van der Waals surface area contributed by atoms with Crippen LogP contribution >= 0.6 is 0 Å². The van der Waals surface area contributed by atoms with E-state index in [1.807, 2.05) is 0 Å². The largest absolute Gasteiger partial charge is 0.392 e. The molecule has 4 unspecified atom stereocenters. The molecule has 0 saturated heterocycles. The van der Waals surface area contributed by atoms with Gasteiger partial charge < -0.3 is 20.4 Å². The topological polar surface area (TPSA) is 260 Å². The molecule has 0 aromatic heterocycles. The summed E-state index contributed by atoms with van der Waals surface area (Å²) in [5, 5.41) is 87.9. The zero-order valence-corrected chi connectivity index (χ0v) is 29.9. The molecule has 0 radical (unpaired) electrons. The Labute approximate surface area is 283 Å². The van der Waals surface area contributed by atoms with E-state index in [9.17, 15) is 60.9 Å². The Morgan fingerprint density at radius 1 is 0.438 bits per heavy atom. The standard InChI is InChI=1S/C30H60N6O12/c1-27(2,33(41)42)15-23(37)19-31(20-24(38)16-28(3,4)34(43)44)13-11-9-10-12-14-32(21-25(39)17-29(5,6)35(45)46)22-26(40)18-30(7,8)36(47)48/h23-26,37-40H,9-22H2,1-8H3. The van der Waals surface area contributed by atoms with Gasteiger partial charge in [-0.05, 0) is 25.9 Å². The predicted octanol–water partition coefficient (Wildman–Crippen LogP) is 2.38. The molecule has 0 aromatic rings. The highest BCUT2D eigenvalue weighted by atomic mass is 16.6. The zero-order chi connectivity index (χ0) is 37.7. The summed E-state index contributed by atoms with van der Waals surface area (Å²) in [6.45, 7) is 12.1. The summed E-state index contributed by atoms with van der Waals surface area (Å²) in [6, 6.07) is 0. The molecule has 0 bridgehead atoms. The number of hydrogen-bond acceptors (Lipinski definition) is 14. The smallest absolute Gasteiger partial charge is 0.219 e. The van der Waals surface area contributed by atoms with Gasteiger partial charge in [0.2, 0.25) is 22.2 Å². The normalized spacial score (nSPS) is 15.7. The molecule has 0 amide bonds. The number of aliphatic hydroxyl groups is 4. The van der Waals surface area contributed by atoms with Crippen molar-refractivity contribution >= 4 is 0 Å². The van der Waals surface area contributed by atoms with Crippen molar-refractivity contribution in [3.8, 4) is 0 Å². The maximum atomic E-state index is 11.3. The van der Waals surface area contributed by atoms with E-state index in [2.05, 4.69) is 0 Å². The lowest BCUT2D eigenvalue weighted by molar-refractivity contribution is -0.563. The van der Waals surface area contributed by atoms with Gasteiger partial charge in [0, 0.05) is 127 Å². The molecule has 0 aliphatic rings. The quantitative estimate of drug-likeness (QED) is 0.0546. The van der Waals surface area contributed by atoms with Crippen LogP contribution in [0.1, 0.15) is 107 Å². The fraction of sp³-hybridized carbons (Fsp3) is 1.00. The lowest BCUT2D eigenvalue weighted by atomic mass is 9.96. The average molecular weight is 697 g/mol. The average Bonchev–Trinajstić information content (AvgIpc) is 2.88. The molecule has 0 rings (SSSR count). The monoisotopic (exact) mass is 696 g/mol. The highest BCUT2D eigenvalue weighted by Gasteiger charge is 2.38. The second kappa shape index (κ2) is 19.5. The Morgan fingerprint density at radius 3 is 0.792 bits per heavy atom. The van der Waals surface area contributed by atoms with Gasteiger partial charge in [-0.15, -0.1) is 0 Å². The van der Waals surface area contributed by atoms with Gasteiger partial charge in [0.15, 0.2) is 0 Å². The van der Waals surface area contributed by atoms with Gasteiger partial charge >= 0.3 is 0 Å². The molecule has 0 aliphatic heterocycles. The Morgan fingerprint density at radius 2 is 0.625 bits per heavy atom. The Bertz CT molecular complexity index is 890. The fourth-order valence-electron chi connectivity index (χ4n) is 5.59. The van der Waals surface area contributed by atoms with Gasteiger partial charge in [-0.1, -0.05) is 12.8 Å². The van der Waals surface area contributed by atoms with Gasteiger partial charge in [-0.2, -0.15) is 0 Å². The van der Waals surface area contributed by atoms with Crippen LogP contribution in [0.25, 0.3) is 0 Å². The van der Waals surface area contributed by atoms with Gasteiger partial charge in [-0.3, -0.25) is 50.3 Å². The number of unbranched alkanes of at least 4 members (excludes halogenated alkanes) is 3. The number of rotatable bonds is 27. The molecule has 18 nitrogen and oxygen atoms in total. The van der Waals surface area contributed by atoms with E-state index in [1.54, 1.807) is 9.80 Å².